The lowest BCUT2D eigenvalue weighted by atomic mass is 10.0. The van der Waals surface area contributed by atoms with Crippen LogP contribution in [0.2, 0.25) is 0 Å². The van der Waals surface area contributed by atoms with Gasteiger partial charge < -0.3 is 5.32 Å². The summed E-state index contributed by atoms with van der Waals surface area (Å²) in [5.74, 6) is 0.952. The maximum Gasteiger partial charge on any atom is 0.0897 e. The number of aryl methyl sites for hydroxylation is 1. The van der Waals surface area contributed by atoms with Gasteiger partial charge in [0.1, 0.15) is 0 Å². The lowest BCUT2D eigenvalue weighted by Gasteiger charge is -2.40. The van der Waals surface area contributed by atoms with Crippen LogP contribution in [0.15, 0.2) is 6.20 Å². The molecule has 2 aliphatic rings. The van der Waals surface area contributed by atoms with Crippen LogP contribution in [0.25, 0.3) is 0 Å². The Labute approximate surface area is 114 Å². The summed E-state index contributed by atoms with van der Waals surface area (Å²) in [6, 6.07) is 1.43. The first-order chi connectivity index (χ1) is 8.76. The number of aromatic nitrogens is 1. The number of nitrogens with zero attached hydrogens (tertiary/aromatic N) is 2. The first-order valence-electron chi connectivity index (χ1n) is 7.15. The number of hydrogen-bond donors (Lipinski definition) is 1. The highest BCUT2D eigenvalue weighted by atomic mass is 32.1. The first kappa shape index (κ1) is 12.6. The zero-order chi connectivity index (χ0) is 12.5. The number of hydrogen-bond acceptors (Lipinski definition) is 4. The highest BCUT2D eigenvalue weighted by molar-refractivity contribution is 7.11. The summed E-state index contributed by atoms with van der Waals surface area (Å²) in [7, 11) is 0. The monoisotopic (exact) mass is 265 g/mol. The molecule has 2 unspecified atom stereocenters. The quantitative estimate of drug-likeness (QED) is 0.906. The van der Waals surface area contributed by atoms with Gasteiger partial charge in [-0.15, -0.1) is 11.3 Å². The molecule has 1 saturated heterocycles. The summed E-state index contributed by atoms with van der Waals surface area (Å²) in [5.41, 5.74) is 0. The van der Waals surface area contributed by atoms with Gasteiger partial charge in [0.2, 0.25) is 0 Å². The van der Waals surface area contributed by atoms with Gasteiger partial charge >= 0.3 is 0 Å². The predicted molar refractivity (Wildman–Crippen MR) is 75.9 cm³/mol. The lowest BCUT2D eigenvalue weighted by Crippen LogP contribution is -2.56. The van der Waals surface area contributed by atoms with Crippen molar-refractivity contribution in [2.24, 2.45) is 5.92 Å². The van der Waals surface area contributed by atoms with Crippen molar-refractivity contribution < 1.29 is 0 Å². The summed E-state index contributed by atoms with van der Waals surface area (Å²) in [6.07, 6.45) is 6.16. The third kappa shape index (κ3) is 2.76. The largest absolute Gasteiger partial charge is 0.311 e. The van der Waals surface area contributed by atoms with Gasteiger partial charge in [-0.25, -0.2) is 4.98 Å². The lowest BCUT2D eigenvalue weighted by molar-refractivity contribution is 0.113. The second kappa shape index (κ2) is 5.27. The van der Waals surface area contributed by atoms with E-state index in [2.05, 4.69) is 35.2 Å². The van der Waals surface area contributed by atoms with Crippen molar-refractivity contribution in [2.75, 3.05) is 13.1 Å². The molecule has 2 atom stereocenters. The van der Waals surface area contributed by atoms with Crippen molar-refractivity contribution in [1.29, 1.82) is 0 Å². The molecule has 0 aromatic carbocycles. The molecule has 1 N–H and O–H groups in total. The highest BCUT2D eigenvalue weighted by Gasteiger charge is 2.36. The smallest absolute Gasteiger partial charge is 0.0897 e. The van der Waals surface area contributed by atoms with Crippen molar-refractivity contribution in [1.82, 2.24) is 15.2 Å². The second-order valence-electron chi connectivity index (χ2n) is 5.69. The fourth-order valence-electron chi connectivity index (χ4n) is 2.97. The van der Waals surface area contributed by atoms with Gasteiger partial charge in [0.05, 0.1) is 5.01 Å². The Balaban J connectivity index is 1.65. The van der Waals surface area contributed by atoms with Crippen LogP contribution in [0.1, 0.15) is 36.1 Å². The van der Waals surface area contributed by atoms with E-state index in [0.29, 0.717) is 6.04 Å². The van der Waals surface area contributed by atoms with Crippen LogP contribution in [0.3, 0.4) is 0 Å². The van der Waals surface area contributed by atoms with Crippen LogP contribution < -0.4 is 5.32 Å². The average molecular weight is 265 g/mol. The van der Waals surface area contributed by atoms with E-state index >= 15 is 0 Å². The number of rotatable bonds is 4. The highest BCUT2D eigenvalue weighted by Crippen LogP contribution is 2.34. The van der Waals surface area contributed by atoms with Crippen LogP contribution in [0.4, 0.5) is 0 Å². The molecule has 3 nitrogen and oxygen atoms in total. The standard InChI is InChI=1S/C14H23N3S/c1-3-12-6-16-14(11-4-5-11)9-17(12)8-13-7-15-10(2)18-13/h7,11-12,14,16H,3-6,8-9H2,1-2H3. The van der Waals surface area contributed by atoms with Crippen molar-refractivity contribution in [2.45, 2.75) is 51.7 Å². The summed E-state index contributed by atoms with van der Waals surface area (Å²) in [6.45, 7) is 7.87. The Morgan fingerprint density at radius 2 is 2.33 bits per heavy atom. The van der Waals surface area contributed by atoms with E-state index < -0.39 is 0 Å². The van der Waals surface area contributed by atoms with Gasteiger partial charge in [-0.2, -0.15) is 0 Å². The molecule has 3 rings (SSSR count). The van der Waals surface area contributed by atoms with Crippen molar-refractivity contribution in [3.05, 3.63) is 16.1 Å². The molecule has 4 heteroatoms. The summed E-state index contributed by atoms with van der Waals surface area (Å²) < 4.78 is 0. The van der Waals surface area contributed by atoms with Gasteiger partial charge in [-0.05, 0) is 32.1 Å². The van der Waals surface area contributed by atoms with E-state index in [0.717, 1.165) is 25.0 Å². The van der Waals surface area contributed by atoms with Crippen molar-refractivity contribution in [3.63, 3.8) is 0 Å². The molecule has 1 aliphatic heterocycles. The van der Waals surface area contributed by atoms with E-state index in [1.807, 2.05) is 11.3 Å². The maximum absolute atomic E-state index is 4.38. The van der Waals surface area contributed by atoms with Gasteiger partial charge in [0, 0.05) is 42.8 Å². The molecular formula is C14H23N3S. The molecule has 0 spiro atoms. The molecule has 1 saturated carbocycles. The third-order valence-corrected chi connectivity index (χ3v) is 5.15. The second-order valence-corrected chi connectivity index (χ2v) is 7.01. The van der Waals surface area contributed by atoms with Crippen LogP contribution in [0, 0.1) is 12.8 Å². The zero-order valence-corrected chi connectivity index (χ0v) is 12.2. The minimum Gasteiger partial charge on any atom is -0.311 e. The first-order valence-corrected chi connectivity index (χ1v) is 7.96. The van der Waals surface area contributed by atoms with Crippen LogP contribution in [-0.4, -0.2) is 35.1 Å². The fraction of sp³-hybridized carbons (Fsp3) is 0.786. The summed E-state index contributed by atoms with van der Waals surface area (Å²) in [5, 5.41) is 4.94. The van der Waals surface area contributed by atoms with Gasteiger partial charge in [0.15, 0.2) is 0 Å². The summed E-state index contributed by atoms with van der Waals surface area (Å²) >= 11 is 1.85. The van der Waals surface area contributed by atoms with Crippen molar-refractivity contribution >= 4 is 11.3 Å². The molecule has 0 amide bonds. The molecule has 1 aliphatic carbocycles. The van der Waals surface area contributed by atoms with Crippen LogP contribution in [0.5, 0.6) is 0 Å². The Kier molecular flexibility index (Phi) is 3.68. The molecule has 1 aromatic rings. The molecule has 100 valence electrons. The molecule has 0 radical (unpaired) electrons. The van der Waals surface area contributed by atoms with Gasteiger partial charge in [0.25, 0.3) is 0 Å². The Morgan fingerprint density at radius 1 is 1.50 bits per heavy atom. The Hall–Kier alpha value is -0.450. The molecule has 2 fully saturated rings. The minimum absolute atomic E-state index is 0.697. The molecular weight excluding hydrogens is 242 g/mol. The average Bonchev–Trinajstić information content (AvgIpc) is 3.14. The fourth-order valence-corrected chi connectivity index (χ4v) is 3.79. The van der Waals surface area contributed by atoms with Crippen molar-refractivity contribution in [3.8, 4) is 0 Å². The van der Waals surface area contributed by atoms with Gasteiger partial charge in [-0.1, -0.05) is 6.92 Å². The van der Waals surface area contributed by atoms with Gasteiger partial charge in [-0.3, -0.25) is 4.90 Å². The van der Waals surface area contributed by atoms with E-state index in [-0.39, 0.29) is 0 Å². The topological polar surface area (TPSA) is 28.2 Å². The molecule has 2 heterocycles. The van der Waals surface area contributed by atoms with E-state index in [9.17, 15) is 0 Å². The van der Waals surface area contributed by atoms with Crippen LogP contribution >= 0.6 is 11.3 Å². The predicted octanol–water partition coefficient (Wildman–Crippen LogP) is 2.41. The molecule has 0 bridgehead atoms. The Morgan fingerprint density at radius 3 is 2.94 bits per heavy atom. The number of piperazine rings is 1. The number of thiazole rings is 1. The number of nitrogens with one attached hydrogen (secondary N) is 1. The SMILES string of the molecule is CCC1CNC(C2CC2)CN1Cc1cnc(C)s1. The van der Waals surface area contributed by atoms with E-state index in [1.165, 1.54) is 35.7 Å². The normalized spacial score (nSPS) is 29.7. The van der Waals surface area contributed by atoms with E-state index in [4.69, 9.17) is 0 Å². The summed E-state index contributed by atoms with van der Waals surface area (Å²) in [4.78, 5) is 8.47. The Bertz CT molecular complexity index is 399. The minimum atomic E-state index is 0.697. The maximum atomic E-state index is 4.38. The third-order valence-electron chi connectivity index (χ3n) is 4.25. The van der Waals surface area contributed by atoms with E-state index in [1.54, 1.807) is 0 Å². The molecule has 18 heavy (non-hydrogen) atoms. The van der Waals surface area contributed by atoms with Crippen LogP contribution in [-0.2, 0) is 6.54 Å². The zero-order valence-electron chi connectivity index (χ0n) is 11.4. The molecule has 1 aromatic heterocycles.